The minimum atomic E-state index is -0.371. The van der Waals surface area contributed by atoms with Crippen molar-refractivity contribution in [3.63, 3.8) is 0 Å². The Hall–Kier alpha value is -1.32. The molecule has 0 saturated carbocycles. The first-order valence-electron chi connectivity index (χ1n) is 6.20. The van der Waals surface area contributed by atoms with Crippen LogP contribution in [0.25, 0.3) is 0 Å². The zero-order chi connectivity index (χ0) is 14.5. The van der Waals surface area contributed by atoms with E-state index in [4.69, 9.17) is 11.6 Å². The van der Waals surface area contributed by atoms with Crippen molar-refractivity contribution < 1.29 is 9.18 Å². The molecule has 104 valence electrons. The van der Waals surface area contributed by atoms with Gasteiger partial charge in [0.15, 0.2) is 5.78 Å². The van der Waals surface area contributed by atoms with Gasteiger partial charge in [-0.15, -0.1) is 11.8 Å². The molecule has 0 aliphatic heterocycles. The van der Waals surface area contributed by atoms with Crippen LogP contribution in [0.3, 0.4) is 0 Å². The third-order valence-electron chi connectivity index (χ3n) is 2.98. The van der Waals surface area contributed by atoms with E-state index in [0.29, 0.717) is 23.4 Å². The number of thioether (sulfide) groups is 1. The van der Waals surface area contributed by atoms with Gasteiger partial charge >= 0.3 is 0 Å². The van der Waals surface area contributed by atoms with E-state index in [1.54, 1.807) is 17.8 Å². The van der Waals surface area contributed by atoms with E-state index < -0.39 is 0 Å². The topological polar surface area (TPSA) is 17.1 Å². The van der Waals surface area contributed by atoms with E-state index in [1.165, 1.54) is 12.1 Å². The van der Waals surface area contributed by atoms with Crippen molar-refractivity contribution in [1.82, 2.24) is 0 Å². The molecule has 0 aliphatic carbocycles. The Morgan fingerprint density at radius 1 is 1.20 bits per heavy atom. The van der Waals surface area contributed by atoms with Gasteiger partial charge in [0.1, 0.15) is 5.82 Å². The van der Waals surface area contributed by atoms with Gasteiger partial charge in [0.2, 0.25) is 0 Å². The number of Topliss-reactive ketones (excluding diaryl/α,β-unsaturated/α-hetero) is 1. The van der Waals surface area contributed by atoms with E-state index in [1.807, 2.05) is 30.5 Å². The van der Waals surface area contributed by atoms with Gasteiger partial charge in [0.25, 0.3) is 0 Å². The Labute approximate surface area is 127 Å². The minimum absolute atomic E-state index is 0.0537. The highest BCUT2D eigenvalue weighted by molar-refractivity contribution is 7.98. The predicted octanol–water partition coefficient (Wildman–Crippen LogP) is 5.02. The Kier molecular flexibility index (Phi) is 5.21. The van der Waals surface area contributed by atoms with Gasteiger partial charge in [-0.3, -0.25) is 4.79 Å². The van der Waals surface area contributed by atoms with Crippen molar-refractivity contribution in [2.45, 2.75) is 17.7 Å². The standard InChI is InChI=1S/C16H14ClFOS/c1-20-15-5-3-12(4-6-15)16(19)7-2-11-8-13(17)10-14(18)9-11/h3-6,8-10H,2,7H2,1H3. The van der Waals surface area contributed by atoms with Crippen LogP contribution in [0.15, 0.2) is 47.4 Å². The molecule has 0 unspecified atom stereocenters. The van der Waals surface area contributed by atoms with E-state index in [-0.39, 0.29) is 11.6 Å². The third kappa shape index (κ3) is 4.09. The van der Waals surface area contributed by atoms with Gasteiger partial charge < -0.3 is 0 Å². The summed E-state index contributed by atoms with van der Waals surface area (Å²) < 4.78 is 13.2. The van der Waals surface area contributed by atoms with Crippen LogP contribution < -0.4 is 0 Å². The Bertz CT molecular complexity index is 590. The molecule has 0 saturated heterocycles. The third-order valence-corrected chi connectivity index (χ3v) is 3.94. The summed E-state index contributed by atoms with van der Waals surface area (Å²) in [5.74, 6) is -0.317. The van der Waals surface area contributed by atoms with Crippen LogP contribution in [0, 0.1) is 5.82 Å². The molecule has 2 rings (SSSR count). The van der Waals surface area contributed by atoms with Crippen molar-refractivity contribution in [3.05, 3.63) is 64.4 Å². The van der Waals surface area contributed by atoms with Gasteiger partial charge in [-0.05, 0) is 48.6 Å². The number of hydrogen-bond donors (Lipinski definition) is 0. The van der Waals surface area contributed by atoms with Crippen LogP contribution >= 0.6 is 23.4 Å². The summed E-state index contributed by atoms with van der Waals surface area (Å²) >= 11 is 7.42. The molecule has 4 heteroatoms. The van der Waals surface area contributed by atoms with Crippen molar-refractivity contribution in [1.29, 1.82) is 0 Å². The maximum atomic E-state index is 13.2. The smallest absolute Gasteiger partial charge is 0.163 e. The maximum absolute atomic E-state index is 13.2. The first-order chi connectivity index (χ1) is 9.58. The first kappa shape index (κ1) is 15.1. The molecule has 20 heavy (non-hydrogen) atoms. The maximum Gasteiger partial charge on any atom is 0.163 e. The summed E-state index contributed by atoms with van der Waals surface area (Å²) in [6.45, 7) is 0. The fourth-order valence-corrected chi connectivity index (χ4v) is 2.59. The van der Waals surface area contributed by atoms with Crippen molar-refractivity contribution in [2.75, 3.05) is 6.26 Å². The van der Waals surface area contributed by atoms with Gasteiger partial charge in [-0.2, -0.15) is 0 Å². The van der Waals surface area contributed by atoms with Crippen LogP contribution in [0.5, 0.6) is 0 Å². The molecule has 0 N–H and O–H groups in total. The number of carbonyl (C=O) groups is 1. The molecule has 0 radical (unpaired) electrons. The number of hydrogen-bond acceptors (Lipinski definition) is 2. The summed E-state index contributed by atoms with van der Waals surface area (Å²) in [4.78, 5) is 13.2. The quantitative estimate of drug-likeness (QED) is 0.570. The zero-order valence-electron chi connectivity index (χ0n) is 11.0. The lowest BCUT2D eigenvalue weighted by atomic mass is 10.0. The molecule has 0 heterocycles. The van der Waals surface area contributed by atoms with Crippen LogP contribution in [-0.2, 0) is 6.42 Å². The highest BCUT2D eigenvalue weighted by Gasteiger charge is 2.07. The molecular formula is C16H14ClFOS. The minimum Gasteiger partial charge on any atom is -0.294 e. The average molecular weight is 309 g/mol. The van der Waals surface area contributed by atoms with Crippen LogP contribution in [0.2, 0.25) is 5.02 Å². The molecule has 0 aliphatic rings. The number of aryl methyl sites for hydroxylation is 1. The summed E-state index contributed by atoms with van der Waals surface area (Å²) in [5.41, 5.74) is 1.43. The Morgan fingerprint density at radius 3 is 2.50 bits per heavy atom. The molecule has 0 aromatic heterocycles. The number of rotatable bonds is 5. The van der Waals surface area contributed by atoms with Crippen molar-refractivity contribution in [2.24, 2.45) is 0 Å². The normalized spacial score (nSPS) is 10.6. The Morgan fingerprint density at radius 2 is 1.90 bits per heavy atom. The van der Waals surface area contributed by atoms with E-state index in [0.717, 1.165) is 10.5 Å². The van der Waals surface area contributed by atoms with Crippen LogP contribution in [0.1, 0.15) is 22.3 Å². The molecular weight excluding hydrogens is 295 g/mol. The van der Waals surface area contributed by atoms with Crippen LogP contribution in [-0.4, -0.2) is 12.0 Å². The van der Waals surface area contributed by atoms with Gasteiger partial charge in [0, 0.05) is 21.9 Å². The van der Waals surface area contributed by atoms with Crippen molar-refractivity contribution in [3.8, 4) is 0 Å². The Balaban J connectivity index is 2.00. The molecule has 2 aromatic carbocycles. The summed E-state index contributed by atoms with van der Waals surface area (Å²) in [6, 6.07) is 11.9. The largest absolute Gasteiger partial charge is 0.294 e. The van der Waals surface area contributed by atoms with Crippen LogP contribution in [0.4, 0.5) is 4.39 Å². The molecule has 0 amide bonds. The molecule has 1 nitrogen and oxygen atoms in total. The summed E-state index contributed by atoms with van der Waals surface area (Å²) in [6.07, 6.45) is 2.82. The molecule has 2 aromatic rings. The fourth-order valence-electron chi connectivity index (χ4n) is 1.93. The zero-order valence-corrected chi connectivity index (χ0v) is 12.6. The molecule has 0 atom stereocenters. The summed E-state index contributed by atoms with van der Waals surface area (Å²) in [5, 5.41) is 0.358. The second-order valence-corrected chi connectivity index (χ2v) is 5.75. The van der Waals surface area contributed by atoms with Crippen molar-refractivity contribution >= 4 is 29.1 Å². The molecule has 0 bridgehead atoms. The highest BCUT2D eigenvalue weighted by atomic mass is 35.5. The average Bonchev–Trinajstić information content (AvgIpc) is 2.44. The SMILES string of the molecule is CSc1ccc(C(=O)CCc2cc(F)cc(Cl)c2)cc1. The molecule has 0 fully saturated rings. The van der Waals surface area contributed by atoms with E-state index >= 15 is 0 Å². The number of halogens is 2. The van der Waals surface area contributed by atoms with E-state index in [2.05, 4.69) is 0 Å². The number of benzene rings is 2. The second kappa shape index (κ2) is 6.91. The second-order valence-electron chi connectivity index (χ2n) is 4.43. The predicted molar refractivity (Wildman–Crippen MR) is 82.3 cm³/mol. The fraction of sp³-hybridized carbons (Fsp3) is 0.188. The lowest BCUT2D eigenvalue weighted by molar-refractivity contribution is 0.0982. The van der Waals surface area contributed by atoms with Gasteiger partial charge in [-0.25, -0.2) is 4.39 Å². The highest BCUT2D eigenvalue weighted by Crippen LogP contribution is 2.18. The number of ketones is 1. The molecule has 0 spiro atoms. The van der Waals surface area contributed by atoms with E-state index in [9.17, 15) is 9.18 Å². The number of carbonyl (C=O) groups excluding carboxylic acids is 1. The lowest BCUT2D eigenvalue weighted by Gasteiger charge is -2.04. The monoisotopic (exact) mass is 308 g/mol. The first-order valence-corrected chi connectivity index (χ1v) is 7.81. The van der Waals surface area contributed by atoms with Gasteiger partial charge in [-0.1, -0.05) is 23.7 Å². The lowest BCUT2D eigenvalue weighted by Crippen LogP contribution is -2.01. The van der Waals surface area contributed by atoms with Gasteiger partial charge in [0.05, 0.1) is 0 Å². The summed E-state index contributed by atoms with van der Waals surface area (Å²) in [7, 11) is 0.